The van der Waals surface area contributed by atoms with E-state index in [4.69, 9.17) is 10.3 Å². The normalized spacial score (nSPS) is 11.2. The molecular formula is C9H10BrNO5S. The third-order valence-electron chi connectivity index (χ3n) is 1.81. The topological polar surface area (TPSA) is 107 Å². The van der Waals surface area contributed by atoms with Crippen molar-refractivity contribution in [2.45, 2.75) is 0 Å². The van der Waals surface area contributed by atoms with Gasteiger partial charge in [-0.2, -0.15) is 8.42 Å². The summed E-state index contributed by atoms with van der Waals surface area (Å²) in [6, 6.07) is 4.64. The van der Waals surface area contributed by atoms with Crippen molar-refractivity contribution in [1.29, 1.82) is 0 Å². The molecule has 0 aliphatic carbocycles. The monoisotopic (exact) mass is 323 g/mol. The van der Waals surface area contributed by atoms with Gasteiger partial charge in [-0.05, 0) is 18.2 Å². The summed E-state index contributed by atoms with van der Waals surface area (Å²) in [7, 11) is -4.14. The zero-order chi connectivity index (χ0) is 13.1. The highest BCUT2D eigenvalue weighted by Gasteiger charge is 2.13. The molecule has 17 heavy (non-hydrogen) atoms. The first-order chi connectivity index (χ1) is 7.79. The maximum Gasteiger partial charge on any atom is 0.340 e. The predicted octanol–water partition coefficient (Wildman–Crippen LogP) is 1.08. The van der Waals surface area contributed by atoms with Gasteiger partial charge in [0.15, 0.2) is 0 Å². The molecule has 0 fully saturated rings. The standard InChI is InChI=1S/C9H10BrNO5S/c10-6-1-2-8(11)7(5-6)9(12)16-3-4-17(13,14)15/h1-2,5H,3-4,11H2,(H,13,14,15). The van der Waals surface area contributed by atoms with E-state index in [9.17, 15) is 13.2 Å². The molecule has 94 valence electrons. The third-order valence-corrected chi connectivity index (χ3v) is 2.99. The van der Waals surface area contributed by atoms with Gasteiger partial charge < -0.3 is 10.5 Å². The number of halogens is 1. The Morgan fingerprint density at radius 3 is 2.71 bits per heavy atom. The lowest BCUT2D eigenvalue weighted by Crippen LogP contribution is -2.15. The Labute approximate surface area is 107 Å². The number of nitrogen functional groups attached to an aromatic ring is 1. The van der Waals surface area contributed by atoms with Crippen LogP contribution in [-0.4, -0.2) is 31.3 Å². The predicted molar refractivity (Wildman–Crippen MR) is 65.3 cm³/mol. The summed E-state index contributed by atoms with van der Waals surface area (Å²) in [5, 5.41) is 0. The van der Waals surface area contributed by atoms with Crippen molar-refractivity contribution >= 4 is 37.7 Å². The number of hydrogen-bond donors (Lipinski definition) is 2. The molecule has 0 bridgehead atoms. The summed E-state index contributed by atoms with van der Waals surface area (Å²) >= 11 is 3.17. The molecule has 0 aliphatic rings. The second kappa shape index (κ2) is 5.48. The Hall–Kier alpha value is -1.12. The molecule has 8 heteroatoms. The van der Waals surface area contributed by atoms with E-state index in [-0.39, 0.29) is 11.3 Å². The molecule has 6 nitrogen and oxygen atoms in total. The summed E-state index contributed by atoms with van der Waals surface area (Å²) in [6.07, 6.45) is 0. The number of ether oxygens (including phenoxy) is 1. The fraction of sp³-hybridized carbons (Fsp3) is 0.222. The van der Waals surface area contributed by atoms with Crippen LogP contribution in [0.4, 0.5) is 5.69 Å². The van der Waals surface area contributed by atoms with E-state index in [1.54, 1.807) is 6.07 Å². The van der Waals surface area contributed by atoms with Crippen molar-refractivity contribution < 1.29 is 22.5 Å². The van der Waals surface area contributed by atoms with Crippen LogP contribution in [0, 0.1) is 0 Å². The van der Waals surface area contributed by atoms with Crippen molar-refractivity contribution in [3.05, 3.63) is 28.2 Å². The summed E-state index contributed by atoms with van der Waals surface area (Å²) in [4.78, 5) is 11.5. The molecule has 0 radical (unpaired) electrons. The average Bonchev–Trinajstić information content (AvgIpc) is 2.19. The third kappa shape index (κ3) is 4.72. The van der Waals surface area contributed by atoms with Crippen LogP contribution in [0.5, 0.6) is 0 Å². The van der Waals surface area contributed by atoms with Crippen LogP contribution in [0.15, 0.2) is 22.7 Å². The van der Waals surface area contributed by atoms with Gasteiger partial charge in [-0.25, -0.2) is 4.79 Å². The molecule has 0 heterocycles. The van der Waals surface area contributed by atoms with Gasteiger partial charge in [0.25, 0.3) is 10.1 Å². The van der Waals surface area contributed by atoms with Crippen molar-refractivity contribution in [3.63, 3.8) is 0 Å². The second-order valence-electron chi connectivity index (χ2n) is 3.15. The largest absolute Gasteiger partial charge is 0.461 e. The lowest BCUT2D eigenvalue weighted by Gasteiger charge is -2.06. The van der Waals surface area contributed by atoms with Gasteiger partial charge >= 0.3 is 5.97 Å². The van der Waals surface area contributed by atoms with Gasteiger partial charge in [0.2, 0.25) is 0 Å². The van der Waals surface area contributed by atoms with E-state index in [2.05, 4.69) is 20.7 Å². The number of carbonyl (C=O) groups is 1. The highest BCUT2D eigenvalue weighted by molar-refractivity contribution is 9.10. The van der Waals surface area contributed by atoms with E-state index >= 15 is 0 Å². The van der Waals surface area contributed by atoms with E-state index in [1.165, 1.54) is 12.1 Å². The molecule has 0 atom stereocenters. The number of benzene rings is 1. The molecule has 1 aromatic rings. The lowest BCUT2D eigenvalue weighted by atomic mass is 10.2. The molecule has 0 spiro atoms. The molecule has 3 N–H and O–H groups in total. The Bertz CT molecular complexity index is 528. The van der Waals surface area contributed by atoms with Crippen LogP contribution < -0.4 is 5.73 Å². The fourth-order valence-corrected chi connectivity index (χ4v) is 1.68. The molecular weight excluding hydrogens is 314 g/mol. The van der Waals surface area contributed by atoms with Crippen LogP contribution in [0.1, 0.15) is 10.4 Å². The molecule has 0 unspecified atom stereocenters. The van der Waals surface area contributed by atoms with Gasteiger partial charge in [0.1, 0.15) is 12.4 Å². The number of esters is 1. The Morgan fingerprint density at radius 1 is 1.47 bits per heavy atom. The summed E-state index contributed by atoms with van der Waals surface area (Å²) < 4.78 is 34.6. The van der Waals surface area contributed by atoms with Crippen LogP contribution >= 0.6 is 15.9 Å². The summed E-state index contributed by atoms with van der Waals surface area (Å²) in [5.41, 5.74) is 5.92. The molecule has 0 saturated carbocycles. The SMILES string of the molecule is Nc1ccc(Br)cc1C(=O)OCCS(=O)(=O)O. The molecule has 0 saturated heterocycles. The van der Waals surface area contributed by atoms with E-state index in [0.29, 0.717) is 4.47 Å². The van der Waals surface area contributed by atoms with Crippen molar-refractivity contribution in [2.75, 3.05) is 18.1 Å². The molecule has 1 rings (SSSR count). The number of anilines is 1. The highest BCUT2D eigenvalue weighted by atomic mass is 79.9. The van der Waals surface area contributed by atoms with Crippen molar-refractivity contribution in [3.8, 4) is 0 Å². The van der Waals surface area contributed by atoms with Crippen LogP contribution in [0.25, 0.3) is 0 Å². The zero-order valence-electron chi connectivity index (χ0n) is 8.59. The summed E-state index contributed by atoms with van der Waals surface area (Å²) in [6.45, 7) is -0.427. The fourth-order valence-electron chi connectivity index (χ4n) is 1.02. The number of nitrogens with two attached hydrogens (primary N) is 1. The first-order valence-electron chi connectivity index (χ1n) is 4.47. The minimum atomic E-state index is -4.14. The summed E-state index contributed by atoms with van der Waals surface area (Å²) in [5.74, 6) is -1.39. The Balaban J connectivity index is 2.67. The second-order valence-corrected chi connectivity index (χ2v) is 5.64. The van der Waals surface area contributed by atoms with E-state index < -0.39 is 28.4 Å². The zero-order valence-corrected chi connectivity index (χ0v) is 11.0. The maximum absolute atomic E-state index is 11.5. The average molecular weight is 324 g/mol. The number of hydrogen-bond acceptors (Lipinski definition) is 5. The van der Waals surface area contributed by atoms with E-state index in [0.717, 1.165) is 0 Å². The Morgan fingerprint density at radius 2 is 2.12 bits per heavy atom. The van der Waals surface area contributed by atoms with Gasteiger partial charge in [-0.3, -0.25) is 4.55 Å². The quantitative estimate of drug-likeness (QED) is 0.487. The molecule has 0 amide bonds. The van der Waals surface area contributed by atoms with Gasteiger partial charge in [-0.15, -0.1) is 0 Å². The van der Waals surface area contributed by atoms with Crippen LogP contribution in [0.3, 0.4) is 0 Å². The number of rotatable bonds is 4. The highest BCUT2D eigenvalue weighted by Crippen LogP contribution is 2.19. The first kappa shape index (κ1) is 13.9. The first-order valence-corrected chi connectivity index (χ1v) is 6.87. The van der Waals surface area contributed by atoms with E-state index in [1.807, 2.05) is 0 Å². The minimum Gasteiger partial charge on any atom is -0.461 e. The van der Waals surface area contributed by atoms with Gasteiger partial charge in [-0.1, -0.05) is 15.9 Å². The lowest BCUT2D eigenvalue weighted by molar-refractivity contribution is 0.0529. The smallest absolute Gasteiger partial charge is 0.340 e. The van der Waals surface area contributed by atoms with Crippen molar-refractivity contribution in [1.82, 2.24) is 0 Å². The van der Waals surface area contributed by atoms with Crippen LogP contribution in [0.2, 0.25) is 0 Å². The van der Waals surface area contributed by atoms with Gasteiger partial charge in [0.05, 0.1) is 5.56 Å². The molecule has 0 aliphatic heterocycles. The number of carbonyl (C=O) groups excluding carboxylic acids is 1. The Kier molecular flexibility index (Phi) is 4.49. The molecule has 1 aromatic carbocycles. The van der Waals surface area contributed by atoms with Crippen molar-refractivity contribution in [2.24, 2.45) is 0 Å². The molecule has 0 aromatic heterocycles. The maximum atomic E-state index is 11.5. The van der Waals surface area contributed by atoms with Gasteiger partial charge in [0, 0.05) is 10.2 Å². The van der Waals surface area contributed by atoms with Crippen LogP contribution in [-0.2, 0) is 14.9 Å². The minimum absolute atomic E-state index is 0.134.